The predicted molar refractivity (Wildman–Crippen MR) is 132 cm³/mol. The van der Waals surface area contributed by atoms with Gasteiger partial charge in [-0.3, -0.25) is 4.79 Å². The van der Waals surface area contributed by atoms with Gasteiger partial charge in [0, 0.05) is 22.7 Å². The van der Waals surface area contributed by atoms with E-state index in [-0.39, 0.29) is 17.8 Å². The number of fused-ring (bicyclic) bond motifs is 1. The maximum atomic E-state index is 11.8. The second-order valence-electron chi connectivity index (χ2n) is 9.31. The Kier molecular flexibility index (Phi) is 7.45. The van der Waals surface area contributed by atoms with Crippen molar-refractivity contribution in [2.75, 3.05) is 7.05 Å². The first kappa shape index (κ1) is 24.5. The number of aryl methyl sites for hydroxylation is 1. The highest BCUT2D eigenvalue weighted by molar-refractivity contribution is 6.30. The van der Waals surface area contributed by atoms with Gasteiger partial charge in [-0.15, -0.1) is 0 Å². The number of hydrogen-bond acceptors (Lipinski definition) is 5. The summed E-state index contributed by atoms with van der Waals surface area (Å²) in [6.45, 7) is 2.08. The number of nitrogens with zero attached hydrogens (tertiary/aromatic N) is 2. The van der Waals surface area contributed by atoms with Gasteiger partial charge in [-0.25, -0.2) is 4.98 Å². The highest BCUT2D eigenvalue weighted by Gasteiger charge is 2.32. The van der Waals surface area contributed by atoms with Crippen molar-refractivity contribution >= 4 is 28.6 Å². The summed E-state index contributed by atoms with van der Waals surface area (Å²) in [6, 6.07) is 10.7. The average Bonchev–Trinajstić information content (AvgIpc) is 3.22. The van der Waals surface area contributed by atoms with Crippen molar-refractivity contribution in [1.29, 1.82) is 0 Å². The Hall–Kier alpha value is -2.61. The molecular formula is C26H32ClN3O4. The first-order valence-corrected chi connectivity index (χ1v) is 12.2. The second kappa shape index (κ2) is 10.3. The number of carboxylic acids is 1. The third-order valence-electron chi connectivity index (χ3n) is 7.06. The Morgan fingerprint density at radius 3 is 2.79 bits per heavy atom. The fourth-order valence-electron chi connectivity index (χ4n) is 5.00. The minimum atomic E-state index is -1.04. The van der Waals surface area contributed by atoms with E-state index in [2.05, 4.69) is 12.2 Å². The zero-order valence-corrected chi connectivity index (χ0v) is 20.3. The number of aliphatic carboxylic acids is 1. The molecule has 4 unspecified atom stereocenters. The molecular weight excluding hydrogens is 454 g/mol. The number of benzene rings is 2. The molecule has 0 bridgehead atoms. The number of carbonyl (C=O) groups is 1. The molecule has 4 rings (SSSR count). The molecule has 0 amide bonds. The van der Waals surface area contributed by atoms with Gasteiger partial charge in [0.1, 0.15) is 17.7 Å². The highest BCUT2D eigenvalue weighted by atomic mass is 35.5. The number of aliphatic hydroxyl groups is 1. The third kappa shape index (κ3) is 4.92. The zero-order valence-electron chi connectivity index (χ0n) is 19.5. The van der Waals surface area contributed by atoms with Crippen LogP contribution in [0.25, 0.3) is 11.0 Å². The number of aromatic hydroxyl groups is 1. The molecule has 3 aromatic rings. The summed E-state index contributed by atoms with van der Waals surface area (Å²) in [6.07, 6.45) is 3.12. The molecule has 0 spiro atoms. The fourth-order valence-corrected chi connectivity index (χ4v) is 5.20. The van der Waals surface area contributed by atoms with Crippen molar-refractivity contribution in [3.05, 3.63) is 58.4 Å². The van der Waals surface area contributed by atoms with E-state index >= 15 is 0 Å². The summed E-state index contributed by atoms with van der Waals surface area (Å²) < 4.78 is 2.00. The minimum absolute atomic E-state index is 0.114. The first-order valence-electron chi connectivity index (χ1n) is 11.9. The molecule has 4 N–H and O–H groups in total. The molecule has 2 aromatic carbocycles. The standard InChI is InChI=1S/C26H32ClN3O4/c1-15(28-2)9-10-20-22(31)12-11-21-23(20)29-25(24(32)16-5-3-7-18(27)13-16)30(21)19-8-4-6-17(14-19)26(33)34/h3,5,7,11-13,15,17,19,24,28,31-32H,4,6,8-10,14H2,1-2H3,(H,33,34). The van der Waals surface area contributed by atoms with Crippen LogP contribution in [0.5, 0.6) is 5.75 Å². The molecule has 1 fully saturated rings. The van der Waals surface area contributed by atoms with Crippen molar-refractivity contribution in [1.82, 2.24) is 14.9 Å². The zero-order chi connectivity index (χ0) is 24.4. The van der Waals surface area contributed by atoms with E-state index in [4.69, 9.17) is 16.6 Å². The Labute approximate surface area is 204 Å². The normalized spacial score (nSPS) is 20.4. The van der Waals surface area contributed by atoms with Crippen LogP contribution in [0.2, 0.25) is 5.02 Å². The second-order valence-corrected chi connectivity index (χ2v) is 9.75. The Balaban J connectivity index is 1.86. The molecule has 34 heavy (non-hydrogen) atoms. The number of hydrogen-bond donors (Lipinski definition) is 4. The number of rotatable bonds is 8. The predicted octanol–water partition coefficient (Wildman–Crippen LogP) is 4.83. The molecule has 4 atom stereocenters. The van der Waals surface area contributed by atoms with Crippen LogP contribution in [-0.2, 0) is 11.2 Å². The van der Waals surface area contributed by atoms with Crippen LogP contribution in [0.3, 0.4) is 0 Å². The van der Waals surface area contributed by atoms with Crippen molar-refractivity contribution in [2.24, 2.45) is 5.92 Å². The topological polar surface area (TPSA) is 108 Å². The summed E-state index contributed by atoms with van der Waals surface area (Å²) in [5.41, 5.74) is 2.81. The number of nitrogens with one attached hydrogen (secondary N) is 1. The largest absolute Gasteiger partial charge is 0.508 e. The fraction of sp³-hybridized carbons (Fsp3) is 0.462. The van der Waals surface area contributed by atoms with E-state index in [1.54, 1.807) is 30.3 Å². The van der Waals surface area contributed by atoms with E-state index < -0.39 is 18.0 Å². The SMILES string of the molecule is CNC(C)CCc1c(O)ccc2c1nc(C(O)c1cccc(Cl)c1)n2C1CCCC(C(=O)O)C1. The lowest BCUT2D eigenvalue weighted by Gasteiger charge is -2.30. The van der Waals surface area contributed by atoms with Gasteiger partial charge in [-0.1, -0.05) is 30.2 Å². The third-order valence-corrected chi connectivity index (χ3v) is 7.29. The van der Waals surface area contributed by atoms with Crippen molar-refractivity contribution in [2.45, 2.75) is 63.6 Å². The van der Waals surface area contributed by atoms with Crippen LogP contribution in [-0.4, -0.2) is 43.9 Å². The van der Waals surface area contributed by atoms with Gasteiger partial charge in [0.2, 0.25) is 0 Å². The maximum absolute atomic E-state index is 11.8. The number of aromatic nitrogens is 2. The van der Waals surface area contributed by atoms with Crippen LogP contribution >= 0.6 is 11.6 Å². The van der Waals surface area contributed by atoms with Crippen molar-refractivity contribution in [3.63, 3.8) is 0 Å². The maximum Gasteiger partial charge on any atom is 0.306 e. The number of phenolic OH excluding ortho intramolecular Hbond substituents is 1. The number of carboxylic acid groups (broad SMARTS) is 1. The quantitative estimate of drug-likeness (QED) is 0.364. The van der Waals surface area contributed by atoms with Gasteiger partial charge in [-0.05, 0) is 75.9 Å². The summed E-state index contributed by atoms with van der Waals surface area (Å²) in [5, 5.41) is 35.5. The molecule has 7 nitrogen and oxygen atoms in total. The average molecular weight is 486 g/mol. The lowest BCUT2D eigenvalue weighted by atomic mass is 9.85. The molecule has 8 heteroatoms. The molecule has 0 saturated heterocycles. The van der Waals surface area contributed by atoms with Gasteiger partial charge in [0.05, 0.1) is 17.0 Å². The van der Waals surface area contributed by atoms with Gasteiger partial charge in [0.25, 0.3) is 0 Å². The van der Waals surface area contributed by atoms with E-state index in [0.29, 0.717) is 41.2 Å². The first-order chi connectivity index (χ1) is 16.3. The van der Waals surface area contributed by atoms with Gasteiger partial charge >= 0.3 is 5.97 Å². The molecule has 1 aliphatic carbocycles. The van der Waals surface area contributed by atoms with E-state index in [0.717, 1.165) is 30.3 Å². The monoisotopic (exact) mass is 485 g/mol. The summed E-state index contributed by atoms with van der Waals surface area (Å²) >= 11 is 6.19. The van der Waals surface area contributed by atoms with Crippen molar-refractivity contribution < 1.29 is 20.1 Å². The number of phenols is 1. The van der Waals surface area contributed by atoms with Crippen LogP contribution in [0.1, 0.15) is 68.1 Å². The van der Waals surface area contributed by atoms with Crippen LogP contribution in [0.15, 0.2) is 36.4 Å². The Morgan fingerprint density at radius 2 is 2.09 bits per heavy atom. The van der Waals surface area contributed by atoms with E-state index in [1.165, 1.54) is 0 Å². The number of aliphatic hydroxyl groups excluding tert-OH is 1. The number of halogens is 1. The van der Waals surface area contributed by atoms with E-state index in [9.17, 15) is 20.1 Å². The lowest BCUT2D eigenvalue weighted by Crippen LogP contribution is -2.26. The molecule has 182 valence electrons. The lowest BCUT2D eigenvalue weighted by molar-refractivity contribution is -0.143. The smallest absolute Gasteiger partial charge is 0.306 e. The van der Waals surface area contributed by atoms with Crippen LogP contribution in [0, 0.1) is 5.92 Å². The molecule has 0 radical (unpaired) electrons. The summed E-state index contributed by atoms with van der Waals surface area (Å²) in [4.78, 5) is 16.6. The summed E-state index contributed by atoms with van der Waals surface area (Å²) in [5.74, 6) is -0.594. The number of imidazole rings is 1. The molecule has 1 aromatic heterocycles. The Bertz CT molecular complexity index is 1180. The highest BCUT2D eigenvalue weighted by Crippen LogP contribution is 2.40. The Morgan fingerprint density at radius 1 is 1.29 bits per heavy atom. The molecule has 1 heterocycles. The van der Waals surface area contributed by atoms with E-state index in [1.807, 2.05) is 17.7 Å². The van der Waals surface area contributed by atoms with Crippen LogP contribution in [0.4, 0.5) is 0 Å². The van der Waals surface area contributed by atoms with Gasteiger partial charge < -0.3 is 25.2 Å². The minimum Gasteiger partial charge on any atom is -0.508 e. The van der Waals surface area contributed by atoms with Gasteiger partial charge in [0.15, 0.2) is 0 Å². The molecule has 1 aliphatic rings. The van der Waals surface area contributed by atoms with Gasteiger partial charge in [-0.2, -0.15) is 0 Å². The van der Waals surface area contributed by atoms with Crippen LogP contribution < -0.4 is 5.32 Å². The molecule has 0 aliphatic heterocycles. The summed E-state index contributed by atoms with van der Waals surface area (Å²) in [7, 11) is 1.90. The van der Waals surface area contributed by atoms with Crippen molar-refractivity contribution in [3.8, 4) is 5.75 Å². The molecule has 1 saturated carbocycles.